The number of esters is 1. The summed E-state index contributed by atoms with van der Waals surface area (Å²) in [5.41, 5.74) is 0.522. The van der Waals surface area contributed by atoms with Gasteiger partial charge in [-0.2, -0.15) is 0 Å². The highest BCUT2D eigenvalue weighted by atomic mass is 35.5. The molecule has 0 spiro atoms. The molecule has 2 aromatic rings. The van der Waals surface area contributed by atoms with Crippen molar-refractivity contribution in [2.24, 2.45) is 0 Å². The van der Waals surface area contributed by atoms with Gasteiger partial charge in [0, 0.05) is 11.1 Å². The van der Waals surface area contributed by atoms with Crippen molar-refractivity contribution >= 4 is 40.8 Å². The Kier molecular flexibility index (Phi) is 5.01. The minimum atomic E-state index is -0.893. The predicted molar refractivity (Wildman–Crippen MR) is 92.8 cm³/mol. The molecule has 1 N–H and O–H groups in total. The number of benzene rings is 2. The summed E-state index contributed by atoms with van der Waals surface area (Å²) in [6.45, 7) is 1.46. The summed E-state index contributed by atoms with van der Waals surface area (Å²) in [6, 6.07) is 9.37. The summed E-state index contributed by atoms with van der Waals surface area (Å²) in [5, 5.41) is 3.41. The number of hydrogen-bond acceptors (Lipinski definition) is 5. The number of nitrogens with one attached hydrogen (secondary N) is 1. The highest BCUT2D eigenvalue weighted by molar-refractivity contribution is 6.35. The molecule has 1 unspecified atom stereocenters. The summed E-state index contributed by atoms with van der Waals surface area (Å²) < 4.78 is 16.1. The number of anilines is 1. The Balaban J connectivity index is 1.66. The van der Waals surface area contributed by atoms with E-state index in [4.69, 9.17) is 37.4 Å². The van der Waals surface area contributed by atoms with Gasteiger partial charge < -0.3 is 19.5 Å². The van der Waals surface area contributed by atoms with E-state index < -0.39 is 12.1 Å². The van der Waals surface area contributed by atoms with Crippen LogP contribution in [0.5, 0.6) is 17.2 Å². The van der Waals surface area contributed by atoms with E-state index >= 15 is 0 Å². The number of ether oxygens (including phenoxy) is 3. The summed E-state index contributed by atoms with van der Waals surface area (Å²) in [5.74, 6) is 0.189. The van der Waals surface area contributed by atoms with Gasteiger partial charge in [-0.25, -0.2) is 4.79 Å². The Hall–Kier alpha value is -2.44. The first-order valence-electron chi connectivity index (χ1n) is 7.32. The van der Waals surface area contributed by atoms with Crippen LogP contribution in [0.2, 0.25) is 10.0 Å². The molecule has 0 saturated heterocycles. The molecule has 0 bridgehead atoms. The topological polar surface area (TPSA) is 73.9 Å². The molecule has 0 aliphatic carbocycles. The van der Waals surface area contributed by atoms with E-state index in [0.717, 1.165) is 0 Å². The maximum Gasteiger partial charge on any atom is 0.352 e. The van der Waals surface area contributed by atoms with E-state index in [0.29, 0.717) is 27.2 Å². The molecule has 1 aliphatic rings. The third-order valence-corrected chi connectivity index (χ3v) is 3.86. The number of halogens is 2. The smallest absolute Gasteiger partial charge is 0.352 e. The molecule has 1 atom stereocenters. The Bertz CT molecular complexity index is 840. The molecule has 130 valence electrons. The van der Waals surface area contributed by atoms with E-state index in [1.165, 1.54) is 12.1 Å². The van der Waals surface area contributed by atoms with Crippen LogP contribution in [0.1, 0.15) is 6.92 Å². The molecule has 0 fully saturated rings. The second-order valence-electron chi connectivity index (χ2n) is 5.25. The molecule has 1 heterocycles. The zero-order chi connectivity index (χ0) is 18.0. The lowest BCUT2D eigenvalue weighted by atomic mass is 10.2. The quantitative estimate of drug-likeness (QED) is 0.645. The standard InChI is InChI=1S/C17H13Cl2NO5/c1-9(24-14-5-2-10(18)6-12(14)19)17(22)25-11-3-4-13-15(7-11)23-8-16(21)20-13/h2-7,9H,8H2,1H3,(H,20,21). The van der Waals surface area contributed by atoms with Crippen LogP contribution in [0.15, 0.2) is 36.4 Å². The second-order valence-corrected chi connectivity index (χ2v) is 6.09. The number of fused-ring (bicyclic) bond motifs is 1. The van der Waals surface area contributed by atoms with Crippen LogP contribution >= 0.6 is 23.2 Å². The SMILES string of the molecule is CC(Oc1ccc(Cl)cc1Cl)C(=O)Oc1ccc2c(c1)OCC(=O)N2. The molecule has 0 aromatic heterocycles. The first-order valence-corrected chi connectivity index (χ1v) is 8.08. The number of carbonyl (C=O) groups is 2. The van der Waals surface area contributed by atoms with Gasteiger partial charge in [-0.3, -0.25) is 4.79 Å². The van der Waals surface area contributed by atoms with Gasteiger partial charge in [-0.1, -0.05) is 23.2 Å². The highest BCUT2D eigenvalue weighted by Crippen LogP contribution is 2.32. The van der Waals surface area contributed by atoms with Gasteiger partial charge in [-0.05, 0) is 37.3 Å². The lowest BCUT2D eigenvalue weighted by Crippen LogP contribution is -2.29. The van der Waals surface area contributed by atoms with Gasteiger partial charge in [0.05, 0.1) is 10.7 Å². The van der Waals surface area contributed by atoms with Crippen molar-refractivity contribution in [2.45, 2.75) is 13.0 Å². The molecule has 1 amide bonds. The number of amides is 1. The van der Waals surface area contributed by atoms with E-state index in [9.17, 15) is 9.59 Å². The summed E-state index contributed by atoms with van der Waals surface area (Å²) in [4.78, 5) is 23.4. The van der Waals surface area contributed by atoms with Gasteiger partial charge in [0.1, 0.15) is 17.2 Å². The fraction of sp³-hybridized carbons (Fsp3) is 0.176. The largest absolute Gasteiger partial charge is 0.481 e. The van der Waals surface area contributed by atoms with Crippen LogP contribution in [-0.2, 0) is 9.59 Å². The summed E-state index contributed by atoms with van der Waals surface area (Å²) in [6.07, 6.45) is -0.893. The van der Waals surface area contributed by atoms with Crippen molar-refractivity contribution in [3.05, 3.63) is 46.4 Å². The van der Waals surface area contributed by atoms with Gasteiger partial charge in [-0.15, -0.1) is 0 Å². The highest BCUT2D eigenvalue weighted by Gasteiger charge is 2.21. The van der Waals surface area contributed by atoms with Crippen LogP contribution in [-0.4, -0.2) is 24.6 Å². The lowest BCUT2D eigenvalue weighted by molar-refractivity contribution is -0.141. The van der Waals surface area contributed by atoms with Crippen LogP contribution < -0.4 is 19.5 Å². The fourth-order valence-electron chi connectivity index (χ4n) is 2.13. The van der Waals surface area contributed by atoms with Crippen molar-refractivity contribution in [1.82, 2.24) is 0 Å². The Morgan fingerprint density at radius 3 is 2.80 bits per heavy atom. The predicted octanol–water partition coefficient (Wildman–Crippen LogP) is 3.70. The summed E-state index contributed by atoms with van der Waals surface area (Å²) in [7, 11) is 0. The zero-order valence-corrected chi connectivity index (χ0v) is 14.6. The molecule has 1 aliphatic heterocycles. The maximum atomic E-state index is 12.2. The van der Waals surface area contributed by atoms with Gasteiger partial charge in [0.25, 0.3) is 5.91 Å². The molecule has 25 heavy (non-hydrogen) atoms. The minimum absolute atomic E-state index is 0.0843. The number of carbonyl (C=O) groups excluding carboxylic acids is 2. The van der Waals surface area contributed by atoms with E-state index in [2.05, 4.69) is 5.32 Å². The van der Waals surface area contributed by atoms with Crippen LogP contribution in [0.3, 0.4) is 0 Å². The van der Waals surface area contributed by atoms with Crippen molar-refractivity contribution in [1.29, 1.82) is 0 Å². The van der Waals surface area contributed by atoms with E-state index in [1.54, 1.807) is 31.2 Å². The van der Waals surface area contributed by atoms with Crippen molar-refractivity contribution in [2.75, 3.05) is 11.9 Å². The molecule has 2 aromatic carbocycles. The Morgan fingerprint density at radius 2 is 2.04 bits per heavy atom. The summed E-state index contributed by atoms with van der Waals surface area (Å²) >= 11 is 11.8. The molecule has 0 saturated carbocycles. The minimum Gasteiger partial charge on any atom is -0.481 e. The average Bonchev–Trinajstić information content (AvgIpc) is 2.57. The van der Waals surface area contributed by atoms with Crippen LogP contribution in [0, 0.1) is 0 Å². The molecular formula is C17H13Cl2NO5. The van der Waals surface area contributed by atoms with Crippen molar-refractivity contribution in [3.63, 3.8) is 0 Å². The third-order valence-electron chi connectivity index (χ3n) is 3.33. The van der Waals surface area contributed by atoms with Crippen molar-refractivity contribution < 1.29 is 23.8 Å². The molecule has 8 heteroatoms. The Morgan fingerprint density at radius 1 is 1.24 bits per heavy atom. The monoisotopic (exact) mass is 381 g/mol. The molecule has 3 rings (SSSR count). The second kappa shape index (κ2) is 7.21. The van der Waals surface area contributed by atoms with Gasteiger partial charge in [0.15, 0.2) is 12.7 Å². The van der Waals surface area contributed by atoms with Gasteiger partial charge >= 0.3 is 5.97 Å². The normalized spacial score (nSPS) is 14.0. The Labute approximate surface area is 153 Å². The number of rotatable bonds is 4. The average molecular weight is 382 g/mol. The number of hydrogen-bond donors (Lipinski definition) is 1. The van der Waals surface area contributed by atoms with Crippen LogP contribution in [0.4, 0.5) is 5.69 Å². The zero-order valence-electron chi connectivity index (χ0n) is 13.0. The first-order chi connectivity index (χ1) is 11.9. The first kappa shape index (κ1) is 17.4. The third kappa shape index (κ3) is 4.15. The molecule has 6 nitrogen and oxygen atoms in total. The molecular weight excluding hydrogens is 369 g/mol. The lowest BCUT2D eigenvalue weighted by Gasteiger charge is -2.19. The van der Waals surface area contributed by atoms with Crippen molar-refractivity contribution in [3.8, 4) is 17.2 Å². The van der Waals surface area contributed by atoms with Gasteiger partial charge in [0.2, 0.25) is 0 Å². The van der Waals surface area contributed by atoms with Crippen LogP contribution in [0.25, 0.3) is 0 Å². The maximum absolute atomic E-state index is 12.2. The molecule has 0 radical (unpaired) electrons. The van der Waals surface area contributed by atoms with E-state index in [1.807, 2.05) is 0 Å². The van der Waals surface area contributed by atoms with E-state index in [-0.39, 0.29) is 18.3 Å². The fourth-order valence-corrected chi connectivity index (χ4v) is 2.58.